The highest BCUT2D eigenvalue weighted by Gasteiger charge is 2.23. The molecule has 1 saturated heterocycles. The molecule has 1 atom stereocenters. The molecule has 1 amide bonds. The van der Waals surface area contributed by atoms with Crippen LogP contribution in [0, 0.1) is 0 Å². The molecule has 4 nitrogen and oxygen atoms in total. The molecular weight excluding hydrogens is 345 g/mol. The van der Waals surface area contributed by atoms with Crippen LogP contribution in [0.1, 0.15) is 44.0 Å². The monoisotopic (exact) mass is 375 g/mol. The summed E-state index contributed by atoms with van der Waals surface area (Å²) in [6.45, 7) is 9.18. The van der Waals surface area contributed by atoms with Gasteiger partial charge in [0.25, 0.3) is 5.91 Å². The van der Waals surface area contributed by atoms with E-state index in [-0.39, 0.29) is 30.7 Å². The fourth-order valence-electron chi connectivity index (χ4n) is 3.22. The van der Waals surface area contributed by atoms with E-state index in [1.165, 1.54) is 5.69 Å². The average molecular weight is 376 g/mol. The molecule has 24 heavy (non-hydrogen) atoms. The van der Waals surface area contributed by atoms with E-state index < -0.39 is 0 Å². The number of carbonyl (C=O) groups excluding carboxylic acids is 1. The van der Waals surface area contributed by atoms with Crippen molar-refractivity contribution in [2.75, 3.05) is 31.6 Å². The van der Waals surface area contributed by atoms with Crippen molar-refractivity contribution in [2.45, 2.75) is 45.7 Å². The lowest BCUT2D eigenvalue weighted by molar-refractivity contribution is 0.0698. The lowest BCUT2D eigenvalue weighted by Crippen LogP contribution is -2.46. The van der Waals surface area contributed by atoms with Crippen LogP contribution in [0.25, 0.3) is 0 Å². The zero-order valence-corrected chi connectivity index (χ0v) is 16.8. The summed E-state index contributed by atoms with van der Waals surface area (Å²) in [4.78, 5) is 16.9. The van der Waals surface area contributed by atoms with Crippen molar-refractivity contribution in [2.24, 2.45) is 0 Å². The van der Waals surface area contributed by atoms with Gasteiger partial charge in [0, 0.05) is 43.0 Å². The van der Waals surface area contributed by atoms with Crippen LogP contribution in [-0.4, -0.2) is 49.6 Å². The van der Waals surface area contributed by atoms with E-state index >= 15 is 0 Å². The quantitative estimate of drug-likeness (QED) is 0.853. The number of rotatable bonds is 5. The van der Waals surface area contributed by atoms with Crippen LogP contribution in [-0.2, 0) is 0 Å². The number of likely N-dealkylation sites (N-methyl/N-ethyl adjacent to an activating group) is 1. The van der Waals surface area contributed by atoms with Gasteiger partial charge in [0.15, 0.2) is 0 Å². The van der Waals surface area contributed by atoms with E-state index in [1.54, 1.807) is 0 Å². The normalized spacial score (nSPS) is 17.0. The molecule has 1 N–H and O–H groups in total. The highest BCUT2D eigenvalue weighted by atomic mass is 35.5. The Bertz CT molecular complexity index is 494. The third kappa shape index (κ3) is 5.54. The number of nitrogens with one attached hydrogen (secondary N) is 1. The van der Waals surface area contributed by atoms with Crippen LogP contribution in [0.5, 0.6) is 0 Å². The van der Waals surface area contributed by atoms with Gasteiger partial charge in [-0.05, 0) is 64.9 Å². The zero-order chi connectivity index (χ0) is 16.1. The number of halogens is 2. The van der Waals surface area contributed by atoms with Crippen molar-refractivity contribution in [1.29, 1.82) is 0 Å². The number of anilines is 1. The van der Waals surface area contributed by atoms with E-state index in [2.05, 4.69) is 43.1 Å². The first kappa shape index (κ1) is 23.0. The van der Waals surface area contributed by atoms with E-state index in [4.69, 9.17) is 0 Å². The third-order valence-electron chi connectivity index (χ3n) is 4.53. The first-order valence-electron chi connectivity index (χ1n) is 8.40. The molecule has 138 valence electrons. The Kier molecular flexibility index (Phi) is 10.4. The average Bonchev–Trinajstić information content (AvgIpc) is 2.55. The molecule has 1 fully saturated rings. The maximum atomic E-state index is 12.6. The number of piperidine rings is 1. The molecule has 1 aromatic rings. The van der Waals surface area contributed by atoms with Gasteiger partial charge in [0.1, 0.15) is 0 Å². The summed E-state index contributed by atoms with van der Waals surface area (Å²) in [6.07, 6.45) is 2.23. The highest BCUT2D eigenvalue weighted by Crippen LogP contribution is 2.19. The predicted octanol–water partition coefficient (Wildman–Crippen LogP) is 3.59. The summed E-state index contributed by atoms with van der Waals surface area (Å²) >= 11 is 0. The topological polar surface area (TPSA) is 35.6 Å². The summed E-state index contributed by atoms with van der Waals surface area (Å²) in [5.74, 6) is 0.152. The van der Waals surface area contributed by atoms with E-state index in [0.29, 0.717) is 12.1 Å². The van der Waals surface area contributed by atoms with Crippen LogP contribution in [0.15, 0.2) is 24.3 Å². The second kappa shape index (κ2) is 10.8. The largest absolute Gasteiger partial charge is 0.369 e. The molecular formula is C18H31Cl2N3O. The zero-order valence-electron chi connectivity index (χ0n) is 15.1. The number of nitrogens with zero attached hydrogens (tertiary/aromatic N) is 2. The van der Waals surface area contributed by atoms with Crippen LogP contribution in [0.2, 0.25) is 0 Å². The Balaban J connectivity index is 0.00000264. The van der Waals surface area contributed by atoms with Crippen LogP contribution in [0.4, 0.5) is 5.69 Å². The fraction of sp³-hybridized carbons (Fsp3) is 0.611. The molecule has 1 aromatic carbocycles. The van der Waals surface area contributed by atoms with E-state index in [9.17, 15) is 4.79 Å². The molecule has 0 aromatic heterocycles. The van der Waals surface area contributed by atoms with Gasteiger partial charge in [-0.2, -0.15) is 0 Å². The van der Waals surface area contributed by atoms with Gasteiger partial charge in [0.2, 0.25) is 0 Å². The fourth-order valence-corrected chi connectivity index (χ4v) is 3.22. The molecule has 6 heteroatoms. The molecule has 0 aliphatic carbocycles. The summed E-state index contributed by atoms with van der Waals surface area (Å²) in [5.41, 5.74) is 1.97. The lowest BCUT2D eigenvalue weighted by atomic mass is 10.0. The lowest BCUT2D eigenvalue weighted by Gasteiger charge is -2.33. The Labute approximate surface area is 158 Å². The van der Waals surface area contributed by atoms with Crippen molar-refractivity contribution in [3.05, 3.63) is 29.8 Å². The minimum atomic E-state index is 0. The Morgan fingerprint density at radius 1 is 1.29 bits per heavy atom. The highest BCUT2D eigenvalue weighted by molar-refractivity contribution is 5.94. The number of carbonyl (C=O) groups is 1. The van der Waals surface area contributed by atoms with Crippen molar-refractivity contribution < 1.29 is 4.79 Å². The smallest absolute Gasteiger partial charge is 0.253 e. The second-order valence-corrected chi connectivity index (χ2v) is 6.31. The number of hydrogen-bond acceptors (Lipinski definition) is 3. The minimum Gasteiger partial charge on any atom is -0.369 e. The number of benzene rings is 1. The first-order chi connectivity index (χ1) is 10.6. The first-order valence-corrected chi connectivity index (χ1v) is 8.40. The van der Waals surface area contributed by atoms with E-state index in [1.807, 2.05) is 24.1 Å². The summed E-state index contributed by atoms with van der Waals surface area (Å²) in [6, 6.07) is 8.95. The maximum Gasteiger partial charge on any atom is 0.253 e. The van der Waals surface area contributed by atoms with Gasteiger partial charge in [0.05, 0.1) is 0 Å². The Morgan fingerprint density at radius 3 is 2.42 bits per heavy atom. The predicted molar refractivity (Wildman–Crippen MR) is 107 cm³/mol. The van der Waals surface area contributed by atoms with Crippen molar-refractivity contribution >= 4 is 36.4 Å². The molecule has 0 spiro atoms. The van der Waals surface area contributed by atoms with Crippen LogP contribution < -0.4 is 10.2 Å². The van der Waals surface area contributed by atoms with Gasteiger partial charge >= 0.3 is 0 Å². The van der Waals surface area contributed by atoms with Gasteiger partial charge < -0.3 is 15.1 Å². The maximum absolute atomic E-state index is 12.6. The van der Waals surface area contributed by atoms with Gasteiger partial charge in [-0.25, -0.2) is 0 Å². The second-order valence-electron chi connectivity index (χ2n) is 6.31. The molecule has 1 unspecified atom stereocenters. The molecule has 1 heterocycles. The molecule has 1 aliphatic heterocycles. The van der Waals surface area contributed by atoms with Crippen LogP contribution in [0.3, 0.4) is 0 Å². The SMILES string of the molecule is CCN(c1ccc(C(=O)N2CCCC(NC)C2)cc1)C(C)C.Cl.Cl. The van der Waals surface area contributed by atoms with Crippen LogP contribution >= 0.6 is 24.8 Å². The van der Waals surface area contributed by atoms with E-state index in [0.717, 1.165) is 38.0 Å². The molecule has 1 aliphatic rings. The van der Waals surface area contributed by atoms with Crippen molar-refractivity contribution in [1.82, 2.24) is 10.2 Å². The summed E-state index contributed by atoms with van der Waals surface area (Å²) in [7, 11) is 1.97. The van der Waals surface area contributed by atoms with Gasteiger partial charge in [-0.1, -0.05) is 0 Å². The number of hydrogen-bond donors (Lipinski definition) is 1. The van der Waals surface area contributed by atoms with Crippen molar-refractivity contribution in [3.8, 4) is 0 Å². The number of amides is 1. The molecule has 0 saturated carbocycles. The molecule has 2 rings (SSSR count). The molecule has 0 bridgehead atoms. The summed E-state index contributed by atoms with van der Waals surface area (Å²) < 4.78 is 0. The standard InChI is InChI=1S/C18H29N3O.2ClH/c1-5-21(14(2)3)17-10-8-15(9-11-17)18(22)20-12-6-7-16(13-20)19-4;;/h8-11,14,16,19H,5-7,12-13H2,1-4H3;2*1H. The number of likely N-dealkylation sites (tertiary alicyclic amines) is 1. The van der Waals surface area contributed by atoms with Crippen molar-refractivity contribution in [3.63, 3.8) is 0 Å². The third-order valence-corrected chi connectivity index (χ3v) is 4.53. The van der Waals surface area contributed by atoms with Gasteiger partial charge in [-0.3, -0.25) is 4.79 Å². The van der Waals surface area contributed by atoms with Gasteiger partial charge in [-0.15, -0.1) is 24.8 Å². The minimum absolute atomic E-state index is 0. The Hall–Kier alpha value is -0.970. The Morgan fingerprint density at radius 2 is 1.92 bits per heavy atom. The molecule has 0 radical (unpaired) electrons. The summed E-state index contributed by atoms with van der Waals surface area (Å²) in [5, 5.41) is 3.28.